The molecule has 1 N–H and O–H groups in total. The lowest BCUT2D eigenvalue weighted by Gasteiger charge is -2.03. The molecule has 0 bridgehead atoms. The third-order valence-electron chi connectivity index (χ3n) is 3.64. The Morgan fingerprint density at radius 2 is 2.05 bits per heavy atom. The molecule has 0 saturated carbocycles. The SMILES string of the molecule is COc1ccc2c(-c3ccc4ncccc4c3)c[nH]c2n1. The van der Waals surface area contributed by atoms with E-state index in [1.807, 2.05) is 36.7 Å². The van der Waals surface area contributed by atoms with Gasteiger partial charge in [0, 0.05) is 34.8 Å². The molecule has 4 aromatic rings. The molecule has 1 aromatic carbocycles. The Morgan fingerprint density at radius 1 is 1.10 bits per heavy atom. The summed E-state index contributed by atoms with van der Waals surface area (Å²) in [6, 6.07) is 14.2. The van der Waals surface area contributed by atoms with E-state index in [0.717, 1.165) is 33.1 Å². The Balaban J connectivity index is 1.91. The Morgan fingerprint density at radius 3 is 2.95 bits per heavy atom. The number of fused-ring (bicyclic) bond motifs is 2. The second-order valence-corrected chi connectivity index (χ2v) is 4.86. The van der Waals surface area contributed by atoms with E-state index in [1.54, 1.807) is 7.11 Å². The van der Waals surface area contributed by atoms with E-state index < -0.39 is 0 Å². The predicted octanol–water partition coefficient (Wildman–Crippen LogP) is 3.79. The fourth-order valence-corrected chi connectivity index (χ4v) is 2.58. The average molecular weight is 275 g/mol. The zero-order valence-corrected chi connectivity index (χ0v) is 11.5. The lowest BCUT2D eigenvalue weighted by Crippen LogP contribution is -1.86. The summed E-state index contributed by atoms with van der Waals surface area (Å²) in [7, 11) is 1.62. The van der Waals surface area contributed by atoms with Gasteiger partial charge in [-0.25, -0.2) is 0 Å². The van der Waals surface area contributed by atoms with Crippen molar-refractivity contribution >= 4 is 21.9 Å². The lowest BCUT2D eigenvalue weighted by atomic mass is 10.0. The molecular weight excluding hydrogens is 262 g/mol. The molecule has 0 saturated heterocycles. The average Bonchev–Trinajstić information content (AvgIpc) is 2.97. The van der Waals surface area contributed by atoms with Crippen LogP contribution in [0.2, 0.25) is 0 Å². The highest BCUT2D eigenvalue weighted by Crippen LogP contribution is 2.30. The number of nitrogens with zero attached hydrogens (tertiary/aromatic N) is 2. The van der Waals surface area contributed by atoms with E-state index in [1.165, 1.54) is 0 Å². The topological polar surface area (TPSA) is 50.8 Å². The van der Waals surface area contributed by atoms with Gasteiger partial charge in [-0.15, -0.1) is 0 Å². The van der Waals surface area contributed by atoms with Gasteiger partial charge in [0.15, 0.2) is 0 Å². The van der Waals surface area contributed by atoms with Crippen LogP contribution in [-0.4, -0.2) is 22.1 Å². The summed E-state index contributed by atoms with van der Waals surface area (Å²) >= 11 is 0. The van der Waals surface area contributed by atoms with Crippen LogP contribution in [0.3, 0.4) is 0 Å². The summed E-state index contributed by atoms with van der Waals surface area (Å²) in [5.74, 6) is 0.610. The number of hydrogen-bond donors (Lipinski definition) is 1. The van der Waals surface area contributed by atoms with Crippen LogP contribution in [0.4, 0.5) is 0 Å². The summed E-state index contributed by atoms with van der Waals surface area (Å²) in [6.45, 7) is 0. The van der Waals surface area contributed by atoms with Crippen molar-refractivity contribution in [3.05, 3.63) is 54.9 Å². The van der Waals surface area contributed by atoms with Gasteiger partial charge in [-0.1, -0.05) is 12.1 Å². The summed E-state index contributed by atoms with van der Waals surface area (Å²) in [6.07, 6.45) is 3.79. The monoisotopic (exact) mass is 275 g/mol. The zero-order chi connectivity index (χ0) is 14.2. The molecule has 0 amide bonds. The molecule has 3 aromatic heterocycles. The first-order valence-electron chi connectivity index (χ1n) is 6.72. The highest BCUT2D eigenvalue weighted by Gasteiger charge is 2.08. The van der Waals surface area contributed by atoms with Crippen molar-refractivity contribution in [2.45, 2.75) is 0 Å². The van der Waals surface area contributed by atoms with Gasteiger partial charge in [0.05, 0.1) is 12.6 Å². The van der Waals surface area contributed by atoms with E-state index in [9.17, 15) is 0 Å². The van der Waals surface area contributed by atoms with Gasteiger partial charge in [0.1, 0.15) is 5.65 Å². The van der Waals surface area contributed by atoms with E-state index in [2.05, 4.69) is 33.2 Å². The minimum Gasteiger partial charge on any atom is -0.481 e. The maximum absolute atomic E-state index is 5.16. The quantitative estimate of drug-likeness (QED) is 0.605. The first-order valence-corrected chi connectivity index (χ1v) is 6.72. The minimum absolute atomic E-state index is 0.610. The van der Waals surface area contributed by atoms with Crippen molar-refractivity contribution in [3.8, 4) is 17.0 Å². The standard InChI is InChI=1S/C17H13N3O/c1-21-16-7-5-13-14(10-19-17(13)20-16)11-4-6-15-12(9-11)3-2-8-18-15/h2-10H,1H3,(H,19,20). The van der Waals surface area contributed by atoms with Crippen molar-refractivity contribution in [2.24, 2.45) is 0 Å². The molecular formula is C17H13N3O. The number of aromatic amines is 1. The maximum atomic E-state index is 5.16. The number of H-pyrrole nitrogens is 1. The summed E-state index contributed by atoms with van der Waals surface area (Å²) in [5, 5.41) is 2.21. The molecule has 102 valence electrons. The van der Waals surface area contributed by atoms with E-state index >= 15 is 0 Å². The molecule has 4 rings (SSSR count). The number of benzene rings is 1. The van der Waals surface area contributed by atoms with Gasteiger partial charge in [-0.05, 0) is 29.8 Å². The van der Waals surface area contributed by atoms with Crippen LogP contribution in [0.5, 0.6) is 5.88 Å². The number of nitrogens with one attached hydrogen (secondary N) is 1. The van der Waals surface area contributed by atoms with Crippen LogP contribution in [0.15, 0.2) is 54.9 Å². The van der Waals surface area contributed by atoms with Gasteiger partial charge in [0.2, 0.25) is 5.88 Å². The van der Waals surface area contributed by atoms with Crippen LogP contribution >= 0.6 is 0 Å². The normalized spacial score (nSPS) is 11.1. The predicted molar refractivity (Wildman–Crippen MR) is 83.4 cm³/mol. The first kappa shape index (κ1) is 11.9. The number of pyridine rings is 2. The molecule has 21 heavy (non-hydrogen) atoms. The molecule has 4 nitrogen and oxygen atoms in total. The van der Waals surface area contributed by atoms with Gasteiger partial charge in [0.25, 0.3) is 0 Å². The summed E-state index contributed by atoms with van der Waals surface area (Å²) in [4.78, 5) is 12.0. The number of rotatable bonds is 2. The van der Waals surface area contributed by atoms with Crippen molar-refractivity contribution in [3.63, 3.8) is 0 Å². The Hall–Kier alpha value is -2.88. The molecule has 0 aliphatic carbocycles. The van der Waals surface area contributed by atoms with Crippen LogP contribution in [-0.2, 0) is 0 Å². The molecule has 0 aliphatic heterocycles. The molecule has 3 heterocycles. The zero-order valence-electron chi connectivity index (χ0n) is 11.5. The van der Waals surface area contributed by atoms with Gasteiger partial charge < -0.3 is 9.72 Å². The Kier molecular flexibility index (Phi) is 2.60. The summed E-state index contributed by atoms with van der Waals surface area (Å²) in [5.41, 5.74) is 4.11. The molecule has 0 spiro atoms. The van der Waals surface area contributed by atoms with Crippen LogP contribution in [0, 0.1) is 0 Å². The Bertz CT molecular complexity index is 943. The van der Waals surface area contributed by atoms with E-state index in [4.69, 9.17) is 4.74 Å². The number of aromatic nitrogens is 3. The molecule has 0 aliphatic rings. The molecule has 0 atom stereocenters. The maximum Gasteiger partial charge on any atom is 0.214 e. The van der Waals surface area contributed by atoms with Crippen molar-refractivity contribution in [2.75, 3.05) is 7.11 Å². The Labute approximate surface area is 121 Å². The van der Waals surface area contributed by atoms with Gasteiger partial charge in [-0.2, -0.15) is 4.98 Å². The summed E-state index contributed by atoms with van der Waals surface area (Å²) < 4.78 is 5.16. The van der Waals surface area contributed by atoms with Crippen LogP contribution in [0.1, 0.15) is 0 Å². The van der Waals surface area contributed by atoms with Crippen molar-refractivity contribution < 1.29 is 4.74 Å². The highest BCUT2D eigenvalue weighted by molar-refractivity contribution is 5.96. The molecule has 4 heteroatoms. The van der Waals surface area contributed by atoms with Gasteiger partial charge in [-0.3, -0.25) is 4.98 Å². The largest absolute Gasteiger partial charge is 0.481 e. The molecule has 0 radical (unpaired) electrons. The van der Waals surface area contributed by atoms with E-state index in [0.29, 0.717) is 5.88 Å². The number of hydrogen-bond acceptors (Lipinski definition) is 3. The van der Waals surface area contributed by atoms with Crippen LogP contribution in [0.25, 0.3) is 33.1 Å². The second-order valence-electron chi connectivity index (χ2n) is 4.86. The molecule has 0 fully saturated rings. The first-order chi connectivity index (χ1) is 10.3. The molecule has 0 unspecified atom stereocenters. The second kappa shape index (κ2) is 4.59. The van der Waals surface area contributed by atoms with E-state index in [-0.39, 0.29) is 0 Å². The van der Waals surface area contributed by atoms with Crippen molar-refractivity contribution in [1.82, 2.24) is 15.0 Å². The van der Waals surface area contributed by atoms with Crippen LogP contribution < -0.4 is 4.74 Å². The number of methoxy groups -OCH3 is 1. The van der Waals surface area contributed by atoms with Crippen molar-refractivity contribution in [1.29, 1.82) is 0 Å². The third-order valence-corrected chi connectivity index (χ3v) is 3.64. The third kappa shape index (κ3) is 1.92. The number of ether oxygens (including phenoxy) is 1. The highest BCUT2D eigenvalue weighted by atomic mass is 16.5. The fourth-order valence-electron chi connectivity index (χ4n) is 2.58. The lowest BCUT2D eigenvalue weighted by molar-refractivity contribution is 0.399. The smallest absolute Gasteiger partial charge is 0.214 e. The minimum atomic E-state index is 0.610. The van der Waals surface area contributed by atoms with Gasteiger partial charge >= 0.3 is 0 Å². The fraction of sp³-hybridized carbons (Fsp3) is 0.0588.